The SMILES string of the molecule is Cc1cscc1C(=O)c1sc2cc(Oc3sc(C(=O)c4sc5cc(O)ccc5c4Oc4ccc(/C=C/C(=O)O)cc4)nc3C)ccc2c1Oc1ccc(/C=C/C(=O)O)cc1. The number of thiophene rings is 3. The minimum absolute atomic E-state index is 0.0328. The van der Waals surface area contributed by atoms with E-state index in [0.717, 1.165) is 45.1 Å². The van der Waals surface area contributed by atoms with Crippen LogP contribution >= 0.6 is 45.3 Å². The maximum absolute atomic E-state index is 14.2. The molecule has 0 aliphatic carbocycles. The molecule has 11 nitrogen and oxygen atoms in total. The van der Waals surface area contributed by atoms with Crippen molar-refractivity contribution in [1.29, 1.82) is 0 Å². The molecule has 4 aromatic heterocycles. The molecule has 0 spiro atoms. The molecular weight excluding hydrogens is 843 g/mol. The van der Waals surface area contributed by atoms with E-state index < -0.39 is 17.7 Å². The summed E-state index contributed by atoms with van der Waals surface area (Å²) < 4.78 is 20.3. The van der Waals surface area contributed by atoms with Gasteiger partial charge < -0.3 is 29.5 Å². The molecule has 0 bridgehead atoms. The van der Waals surface area contributed by atoms with E-state index in [1.54, 1.807) is 79.7 Å². The third-order valence-corrected chi connectivity index (χ3v) is 13.1. The highest BCUT2D eigenvalue weighted by atomic mass is 32.1. The van der Waals surface area contributed by atoms with Crippen LogP contribution in [0, 0.1) is 13.8 Å². The van der Waals surface area contributed by atoms with Gasteiger partial charge in [-0.15, -0.1) is 22.7 Å². The lowest BCUT2D eigenvalue weighted by Gasteiger charge is -2.08. The van der Waals surface area contributed by atoms with E-state index in [9.17, 15) is 24.3 Å². The highest BCUT2D eigenvalue weighted by Gasteiger charge is 2.27. The third-order valence-electron chi connectivity index (χ3n) is 8.95. The minimum atomic E-state index is -1.07. The maximum Gasteiger partial charge on any atom is 0.328 e. The van der Waals surface area contributed by atoms with Gasteiger partial charge in [0.2, 0.25) is 16.6 Å². The molecule has 0 unspecified atom stereocenters. The van der Waals surface area contributed by atoms with E-state index in [2.05, 4.69) is 4.98 Å². The van der Waals surface area contributed by atoms with Gasteiger partial charge in [-0.2, -0.15) is 11.3 Å². The van der Waals surface area contributed by atoms with E-state index in [-0.39, 0.29) is 21.4 Å². The molecule has 0 aliphatic rings. The summed E-state index contributed by atoms with van der Waals surface area (Å²) in [5.41, 5.74) is 3.23. The maximum atomic E-state index is 14.2. The van der Waals surface area contributed by atoms with E-state index in [0.29, 0.717) is 76.5 Å². The van der Waals surface area contributed by atoms with Gasteiger partial charge >= 0.3 is 11.9 Å². The van der Waals surface area contributed by atoms with Crippen LogP contribution in [-0.2, 0) is 9.59 Å². The van der Waals surface area contributed by atoms with Gasteiger partial charge in [0.1, 0.15) is 32.8 Å². The van der Waals surface area contributed by atoms with Crippen LogP contribution in [0.3, 0.4) is 0 Å². The van der Waals surface area contributed by atoms with Gasteiger partial charge in [0.25, 0.3) is 0 Å². The predicted molar refractivity (Wildman–Crippen MR) is 235 cm³/mol. The zero-order chi connectivity index (χ0) is 42.1. The molecule has 15 heteroatoms. The van der Waals surface area contributed by atoms with Crippen molar-refractivity contribution in [3.8, 4) is 39.6 Å². The first kappa shape index (κ1) is 39.9. The number of phenols is 1. The molecule has 0 amide bonds. The Morgan fingerprint density at radius 2 is 1.15 bits per heavy atom. The van der Waals surface area contributed by atoms with Crippen LogP contribution < -0.4 is 14.2 Å². The summed E-state index contributed by atoms with van der Waals surface area (Å²) in [6.07, 6.45) is 5.02. The number of ether oxygens (including phenoxy) is 3. The Morgan fingerprint density at radius 1 is 0.617 bits per heavy atom. The van der Waals surface area contributed by atoms with Crippen molar-refractivity contribution in [2.75, 3.05) is 0 Å². The Bertz CT molecular complexity index is 3040. The zero-order valence-electron chi connectivity index (χ0n) is 31.3. The first-order valence-corrected chi connectivity index (χ1v) is 21.3. The van der Waals surface area contributed by atoms with Crippen molar-refractivity contribution in [3.63, 3.8) is 0 Å². The van der Waals surface area contributed by atoms with Crippen LogP contribution in [0.5, 0.6) is 39.6 Å². The Kier molecular flexibility index (Phi) is 11.1. The van der Waals surface area contributed by atoms with Crippen LogP contribution in [0.4, 0.5) is 0 Å². The number of thiazole rings is 1. The summed E-state index contributed by atoms with van der Waals surface area (Å²) in [7, 11) is 0. The molecule has 60 heavy (non-hydrogen) atoms. The van der Waals surface area contributed by atoms with Crippen LogP contribution in [0.1, 0.15) is 52.3 Å². The second kappa shape index (κ2) is 16.8. The van der Waals surface area contributed by atoms with Gasteiger partial charge in [-0.1, -0.05) is 35.6 Å². The molecule has 4 aromatic carbocycles. The number of benzene rings is 4. The Hall–Kier alpha value is -6.91. The largest absolute Gasteiger partial charge is 0.508 e. The van der Waals surface area contributed by atoms with Gasteiger partial charge in [0.05, 0.1) is 5.69 Å². The molecule has 0 fully saturated rings. The number of aromatic hydroxyl groups is 1. The summed E-state index contributed by atoms with van der Waals surface area (Å²) in [6.45, 7) is 3.62. The number of hydrogen-bond acceptors (Lipinski definition) is 13. The number of carbonyl (C=O) groups excluding carboxylic acids is 2. The van der Waals surface area contributed by atoms with Gasteiger partial charge in [0, 0.05) is 43.3 Å². The Labute approximate surface area is 357 Å². The number of nitrogens with zero attached hydrogens (tertiary/aromatic N) is 1. The normalized spacial score (nSPS) is 11.5. The summed E-state index contributed by atoms with van der Waals surface area (Å²) in [4.78, 5) is 55.3. The summed E-state index contributed by atoms with van der Waals surface area (Å²) >= 11 is 4.94. The average Bonchev–Trinajstić information content (AvgIpc) is 4.01. The fourth-order valence-corrected chi connectivity index (χ4v) is 10.0. The van der Waals surface area contributed by atoms with Crippen LogP contribution in [0.15, 0.2) is 108 Å². The number of rotatable bonds is 14. The van der Waals surface area contributed by atoms with Crippen molar-refractivity contribution in [3.05, 3.63) is 151 Å². The van der Waals surface area contributed by atoms with Gasteiger partial charge in [0.15, 0.2) is 16.5 Å². The summed E-state index contributed by atoms with van der Waals surface area (Å²) in [5, 5.41) is 33.7. The molecule has 0 atom stereocenters. The molecule has 8 rings (SSSR count). The van der Waals surface area contributed by atoms with Gasteiger partial charge in [-0.05, 0) is 109 Å². The molecule has 298 valence electrons. The molecular formula is C45H29NO10S4. The number of carbonyl (C=O) groups is 4. The third kappa shape index (κ3) is 8.46. The molecule has 0 radical (unpaired) electrons. The quantitative estimate of drug-likeness (QED) is 0.0702. The van der Waals surface area contributed by atoms with Crippen molar-refractivity contribution in [1.82, 2.24) is 4.98 Å². The first-order valence-electron chi connectivity index (χ1n) is 17.9. The predicted octanol–water partition coefficient (Wildman–Crippen LogP) is 12.0. The molecule has 0 saturated heterocycles. The molecule has 4 heterocycles. The number of fused-ring (bicyclic) bond motifs is 2. The van der Waals surface area contributed by atoms with Crippen LogP contribution in [-0.4, -0.2) is 43.8 Å². The van der Waals surface area contributed by atoms with Crippen molar-refractivity contribution in [2.45, 2.75) is 13.8 Å². The van der Waals surface area contributed by atoms with E-state index in [1.807, 2.05) is 23.8 Å². The standard InChI is InChI=1S/C45H29NO10S4/c1-23-21-57-22-33(23)38(52)42-40(54-28-10-3-25(4-11-28)7-17-36(48)49)32-16-14-30(20-35(32)59-42)56-45-24(2)46-44(60-45)39(53)43-41(31-15-9-27(47)19-34(31)58-43)55-29-12-5-26(6-13-29)8-18-37(50)51/h3-22,47H,1-2H3,(H,48,49)(H,50,51)/b17-7+,18-8+. The lowest BCUT2D eigenvalue weighted by Crippen LogP contribution is -2.01. The monoisotopic (exact) mass is 871 g/mol. The molecule has 3 N–H and O–H groups in total. The van der Waals surface area contributed by atoms with E-state index in [4.69, 9.17) is 24.4 Å². The lowest BCUT2D eigenvalue weighted by molar-refractivity contribution is -0.132. The van der Waals surface area contributed by atoms with Gasteiger partial charge in [-0.3, -0.25) is 9.59 Å². The average molecular weight is 872 g/mol. The van der Waals surface area contributed by atoms with Crippen molar-refractivity contribution >= 4 is 101 Å². The fraction of sp³-hybridized carbons (Fsp3) is 0.0444. The summed E-state index contributed by atoms with van der Waals surface area (Å²) in [6, 6.07) is 23.7. The number of carboxylic acid groups (broad SMARTS) is 2. The summed E-state index contributed by atoms with van der Waals surface area (Å²) in [5.74, 6) is -0.670. The molecule has 0 aliphatic heterocycles. The number of hydrogen-bond donors (Lipinski definition) is 3. The topological polar surface area (TPSA) is 170 Å². The minimum Gasteiger partial charge on any atom is -0.508 e. The highest BCUT2D eigenvalue weighted by Crippen LogP contribution is 2.46. The van der Waals surface area contributed by atoms with E-state index >= 15 is 0 Å². The second-order valence-electron chi connectivity index (χ2n) is 13.2. The van der Waals surface area contributed by atoms with Gasteiger partial charge in [-0.25, -0.2) is 14.6 Å². The van der Waals surface area contributed by atoms with Crippen LogP contribution in [0.25, 0.3) is 32.3 Å². The lowest BCUT2D eigenvalue weighted by atomic mass is 10.1. The number of ketones is 2. The van der Waals surface area contributed by atoms with Crippen LogP contribution in [0.2, 0.25) is 0 Å². The first-order chi connectivity index (χ1) is 28.9. The number of aliphatic carboxylic acids is 2. The number of phenolic OH excluding ortho intramolecular Hbond substituents is 1. The highest BCUT2D eigenvalue weighted by molar-refractivity contribution is 7.23. The Morgan fingerprint density at radius 3 is 1.70 bits per heavy atom. The molecule has 8 aromatic rings. The number of carboxylic acids is 2. The van der Waals surface area contributed by atoms with Crippen molar-refractivity contribution in [2.24, 2.45) is 0 Å². The Balaban J connectivity index is 1.09. The molecule has 0 saturated carbocycles. The smallest absolute Gasteiger partial charge is 0.328 e. The number of aromatic nitrogens is 1. The fourth-order valence-electron chi connectivity index (χ4n) is 6.04. The van der Waals surface area contributed by atoms with Crippen molar-refractivity contribution < 1.29 is 48.7 Å². The van der Waals surface area contributed by atoms with E-state index in [1.165, 1.54) is 40.9 Å². The zero-order valence-corrected chi connectivity index (χ0v) is 34.6. The number of aryl methyl sites for hydroxylation is 2. The second-order valence-corrected chi connectivity index (χ2v) is 17.0.